The fraction of sp³-hybridized carbons (Fsp3) is 0.640. The maximum Gasteiger partial charge on any atom is 0.235 e. The Morgan fingerprint density at radius 2 is 1.78 bits per heavy atom. The van der Waals surface area contributed by atoms with E-state index in [1.54, 1.807) is 0 Å². The van der Waals surface area contributed by atoms with Crippen molar-refractivity contribution in [3.63, 3.8) is 0 Å². The molecule has 0 bridgehead atoms. The lowest BCUT2D eigenvalue weighted by Gasteiger charge is -2.40. The van der Waals surface area contributed by atoms with E-state index in [-0.39, 0.29) is 23.9 Å². The van der Waals surface area contributed by atoms with E-state index in [1.165, 1.54) is 44.5 Å². The predicted molar refractivity (Wildman–Crippen MR) is 128 cm³/mol. The van der Waals surface area contributed by atoms with Crippen LogP contribution in [0.15, 0.2) is 18.2 Å². The molecule has 0 spiro atoms. The molecule has 2 unspecified atom stereocenters. The Morgan fingerprint density at radius 1 is 1.09 bits per heavy atom. The van der Waals surface area contributed by atoms with E-state index < -0.39 is 5.92 Å². The summed E-state index contributed by atoms with van der Waals surface area (Å²) in [6.45, 7) is 6.92. The number of nitrogens with one attached hydrogen (secondary N) is 4. The topological polar surface area (TPSA) is 97.3 Å². The van der Waals surface area contributed by atoms with Gasteiger partial charge >= 0.3 is 0 Å². The van der Waals surface area contributed by atoms with Gasteiger partial charge in [0, 0.05) is 43.5 Å². The Kier molecular flexibility index (Phi) is 7.13. The SMILES string of the molecule is CNc1cc(N2CCC(C(C)C3CCNCC3)CC2)ccc1C(=N)C1CCC(=O)NC1=O. The maximum absolute atomic E-state index is 12.2. The number of piperidine rings is 3. The number of imide groups is 1. The molecular formula is C25H37N5O2. The standard InChI is InChI=1S/C25H37N5O2/c1-16(17-7-11-28-12-8-17)18-9-13-30(14-10-18)19-3-4-20(22(15-19)27-2)24(26)21-5-6-23(31)29-25(21)32/h3-4,15-18,21,26-28H,5-14H2,1-2H3,(H,29,31,32). The number of benzene rings is 1. The maximum atomic E-state index is 12.2. The van der Waals surface area contributed by atoms with Gasteiger partial charge in [-0.3, -0.25) is 14.9 Å². The van der Waals surface area contributed by atoms with Crippen molar-refractivity contribution in [3.8, 4) is 0 Å². The van der Waals surface area contributed by atoms with Crippen molar-refractivity contribution in [1.82, 2.24) is 10.6 Å². The average molecular weight is 440 g/mol. The van der Waals surface area contributed by atoms with Gasteiger partial charge in [-0.2, -0.15) is 0 Å². The van der Waals surface area contributed by atoms with Gasteiger partial charge < -0.3 is 20.9 Å². The highest BCUT2D eigenvalue weighted by molar-refractivity contribution is 6.17. The van der Waals surface area contributed by atoms with Gasteiger partial charge in [-0.1, -0.05) is 6.92 Å². The number of hydrogen-bond acceptors (Lipinski definition) is 6. The van der Waals surface area contributed by atoms with Crippen molar-refractivity contribution >= 4 is 28.9 Å². The Hall–Kier alpha value is -2.41. The largest absolute Gasteiger partial charge is 0.388 e. The highest BCUT2D eigenvalue weighted by Crippen LogP contribution is 2.36. The summed E-state index contributed by atoms with van der Waals surface area (Å²) in [5.74, 6) is 1.28. The highest BCUT2D eigenvalue weighted by Gasteiger charge is 2.32. The summed E-state index contributed by atoms with van der Waals surface area (Å²) in [6, 6.07) is 6.14. The van der Waals surface area contributed by atoms with Crippen LogP contribution in [0.25, 0.3) is 0 Å². The molecular weight excluding hydrogens is 402 g/mol. The molecule has 3 fully saturated rings. The molecule has 7 nitrogen and oxygen atoms in total. The van der Waals surface area contributed by atoms with Crippen LogP contribution in [0.5, 0.6) is 0 Å². The van der Waals surface area contributed by atoms with Crippen molar-refractivity contribution in [2.75, 3.05) is 43.4 Å². The Bertz CT molecular complexity index is 856. The number of carbonyl (C=O) groups is 2. The van der Waals surface area contributed by atoms with Crippen LogP contribution in [0.1, 0.15) is 51.0 Å². The summed E-state index contributed by atoms with van der Waals surface area (Å²) in [6.07, 6.45) is 5.77. The van der Waals surface area contributed by atoms with E-state index >= 15 is 0 Å². The predicted octanol–water partition coefficient (Wildman–Crippen LogP) is 3.00. The van der Waals surface area contributed by atoms with Gasteiger partial charge in [0.05, 0.1) is 11.6 Å². The number of nitrogens with zero attached hydrogens (tertiary/aromatic N) is 1. The highest BCUT2D eigenvalue weighted by atomic mass is 16.2. The minimum absolute atomic E-state index is 0.249. The number of rotatable bonds is 6. The summed E-state index contributed by atoms with van der Waals surface area (Å²) in [5.41, 5.74) is 3.05. The van der Waals surface area contributed by atoms with Crippen LogP contribution in [0, 0.1) is 29.1 Å². The zero-order chi connectivity index (χ0) is 22.7. The lowest BCUT2D eigenvalue weighted by atomic mass is 9.74. The van der Waals surface area contributed by atoms with Gasteiger partial charge in [0.2, 0.25) is 11.8 Å². The average Bonchev–Trinajstić information content (AvgIpc) is 2.83. The monoisotopic (exact) mass is 439 g/mol. The minimum Gasteiger partial charge on any atom is -0.388 e. The van der Waals surface area contributed by atoms with Crippen LogP contribution >= 0.6 is 0 Å². The van der Waals surface area contributed by atoms with Gasteiger partial charge in [0.1, 0.15) is 0 Å². The molecule has 4 N–H and O–H groups in total. The molecule has 0 radical (unpaired) electrons. The van der Waals surface area contributed by atoms with Crippen LogP contribution in [-0.4, -0.2) is 50.8 Å². The summed E-state index contributed by atoms with van der Waals surface area (Å²) in [7, 11) is 1.85. The van der Waals surface area contributed by atoms with Crippen molar-refractivity contribution in [3.05, 3.63) is 23.8 Å². The second-order valence-corrected chi connectivity index (χ2v) is 9.67. The van der Waals surface area contributed by atoms with E-state index in [1.807, 2.05) is 13.1 Å². The van der Waals surface area contributed by atoms with E-state index in [9.17, 15) is 9.59 Å². The summed E-state index contributed by atoms with van der Waals surface area (Å²) >= 11 is 0. The molecule has 3 aliphatic heterocycles. The van der Waals surface area contributed by atoms with Gasteiger partial charge in [-0.15, -0.1) is 0 Å². The molecule has 3 saturated heterocycles. The number of amides is 2. The molecule has 32 heavy (non-hydrogen) atoms. The van der Waals surface area contributed by atoms with Gasteiger partial charge in [0.25, 0.3) is 0 Å². The third-order valence-electron chi connectivity index (χ3n) is 7.93. The van der Waals surface area contributed by atoms with Crippen LogP contribution in [0.3, 0.4) is 0 Å². The molecule has 2 amide bonds. The summed E-state index contributed by atoms with van der Waals surface area (Å²) in [5, 5.41) is 17.7. The summed E-state index contributed by atoms with van der Waals surface area (Å²) < 4.78 is 0. The Labute approximate surface area is 191 Å². The molecule has 3 heterocycles. The number of anilines is 2. The second-order valence-electron chi connectivity index (χ2n) is 9.67. The van der Waals surface area contributed by atoms with Crippen LogP contribution in [0.2, 0.25) is 0 Å². The number of carbonyl (C=O) groups excluding carboxylic acids is 2. The Balaban J connectivity index is 1.40. The zero-order valence-corrected chi connectivity index (χ0v) is 19.4. The first-order valence-corrected chi connectivity index (χ1v) is 12.2. The molecule has 0 saturated carbocycles. The molecule has 3 aliphatic rings. The molecule has 174 valence electrons. The van der Waals surface area contributed by atoms with Crippen molar-refractivity contribution in [2.24, 2.45) is 23.7 Å². The van der Waals surface area contributed by atoms with Crippen LogP contribution < -0.4 is 20.9 Å². The third-order valence-corrected chi connectivity index (χ3v) is 7.93. The van der Waals surface area contributed by atoms with Crippen molar-refractivity contribution in [2.45, 2.75) is 45.4 Å². The van der Waals surface area contributed by atoms with Crippen molar-refractivity contribution in [1.29, 1.82) is 5.41 Å². The van der Waals surface area contributed by atoms with Crippen LogP contribution in [0.4, 0.5) is 11.4 Å². The second kappa shape index (κ2) is 10.0. The van der Waals surface area contributed by atoms with E-state index in [2.05, 4.69) is 39.9 Å². The quantitative estimate of drug-likeness (QED) is 0.404. The number of hydrogen-bond donors (Lipinski definition) is 4. The molecule has 0 aliphatic carbocycles. The smallest absolute Gasteiger partial charge is 0.235 e. The normalized spacial score (nSPS) is 24.2. The molecule has 1 aromatic rings. The molecule has 0 aromatic heterocycles. The first-order chi connectivity index (χ1) is 15.5. The fourth-order valence-electron chi connectivity index (χ4n) is 5.77. The first-order valence-electron chi connectivity index (χ1n) is 12.2. The van der Waals surface area contributed by atoms with Crippen molar-refractivity contribution < 1.29 is 9.59 Å². The van der Waals surface area contributed by atoms with E-state index in [4.69, 9.17) is 5.41 Å². The van der Waals surface area contributed by atoms with Gasteiger partial charge in [-0.25, -0.2) is 0 Å². The Morgan fingerprint density at radius 3 is 2.44 bits per heavy atom. The third kappa shape index (κ3) is 4.82. The minimum atomic E-state index is -0.571. The lowest BCUT2D eigenvalue weighted by Crippen LogP contribution is -2.44. The molecule has 2 atom stereocenters. The van der Waals surface area contributed by atoms with Crippen LogP contribution in [-0.2, 0) is 9.59 Å². The van der Waals surface area contributed by atoms with Gasteiger partial charge in [0.15, 0.2) is 0 Å². The summed E-state index contributed by atoms with van der Waals surface area (Å²) in [4.78, 5) is 26.1. The molecule has 4 rings (SSSR count). The first kappa shape index (κ1) is 22.8. The van der Waals surface area contributed by atoms with E-state index in [0.717, 1.165) is 42.1 Å². The lowest BCUT2D eigenvalue weighted by molar-refractivity contribution is -0.134. The van der Waals surface area contributed by atoms with Gasteiger partial charge in [-0.05, 0) is 81.1 Å². The fourth-order valence-corrected chi connectivity index (χ4v) is 5.77. The molecule has 1 aromatic carbocycles. The zero-order valence-electron chi connectivity index (χ0n) is 19.4. The van der Waals surface area contributed by atoms with E-state index in [0.29, 0.717) is 6.42 Å². The molecule has 7 heteroatoms.